The van der Waals surface area contributed by atoms with Crippen LogP contribution >= 0.6 is 22.9 Å². The van der Waals surface area contributed by atoms with E-state index in [1.807, 2.05) is 23.6 Å². The van der Waals surface area contributed by atoms with Gasteiger partial charge in [0.25, 0.3) is 6.29 Å². The molecule has 2 N–H and O–H groups in total. The third-order valence-electron chi connectivity index (χ3n) is 3.79. The van der Waals surface area contributed by atoms with Crippen LogP contribution in [0.5, 0.6) is 0 Å². The lowest BCUT2D eigenvalue weighted by atomic mass is 9.84. The molecule has 122 valence electrons. The van der Waals surface area contributed by atoms with Gasteiger partial charge in [0.1, 0.15) is 18.1 Å². The number of ether oxygens (including phenoxy) is 2. The van der Waals surface area contributed by atoms with E-state index in [9.17, 15) is 10.2 Å². The first-order valence-corrected chi connectivity index (χ1v) is 8.53. The predicted molar refractivity (Wildman–Crippen MR) is 89.1 cm³/mol. The van der Waals surface area contributed by atoms with E-state index >= 15 is 0 Å². The molecule has 1 aromatic heterocycles. The summed E-state index contributed by atoms with van der Waals surface area (Å²) in [6, 6.07) is 9.04. The van der Waals surface area contributed by atoms with Gasteiger partial charge in [-0.1, -0.05) is 23.7 Å². The van der Waals surface area contributed by atoms with E-state index < -0.39 is 11.9 Å². The molecule has 23 heavy (non-hydrogen) atoms. The van der Waals surface area contributed by atoms with Crippen LogP contribution in [0.4, 0.5) is 0 Å². The average Bonchev–Trinajstić information content (AvgIpc) is 3.23. The molecule has 2 aromatic rings. The molecule has 3 rings (SSSR count). The second-order valence-corrected chi connectivity index (χ2v) is 6.69. The lowest BCUT2D eigenvalue weighted by Gasteiger charge is -2.28. The highest BCUT2D eigenvalue weighted by atomic mass is 35.5. The van der Waals surface area contributed by atoms with E-state index in [4.69, 9.17) is 21.1 Å². The van der Waals surface area contributed by atoms with Gasteiger partial charge in [-0.05, 0) is 47.5 Å². The molecular formula is C17H17ClO4S. The minimum absolute atomic E-state index is 0.0125. The standard InChI is InChI=1S/C17H17ClO4S/c18-14-4-1-3-12(9-14)17(20,5-2-6-19)13-10-15(23-11-13)16-21-7-8-22-16/h1,3-4,7-11,16,19-20H,2,5-6H2/t17-/m0/s1. The Labute approximate surface area is 143 Å². The zero-order valence-corrected chi connectivity index (χ0v) is 13.9. The van der Waals surface area contributed by atoms with E-state index in [0.717, 1.165) is 10.4 Å². The highest BCUT2D eigenvalue weighted by molar-refractivity contribution is 7.10. The predicted octanol–water partition coefficient (Wildman–Crippen LogP) is 3.93. The smallest absolute Gasteiger partial charge is 0.275 e. The Morgan fingerprint density at radius 2 is 1.96 bits per heavy atom. The van der Waals surface area contributed by atoms with Gasteiger partial charge in [-0.3, -0.25) is 0 Å². The summed E-state index contributed by atoms with van der Waals surface area (Å²) in [4.78, 5) is 0.870. The summed E-state index contributed by atoms with van der Waals surface area (Å²) < 4.78 is 10.7. The molecule has 0 radical (unpaired) electrons. The van der Waals surface area contributed by atoms with Crippen LogP contribution in [0.15, 0.2) is 48.2 Å². The third-order valence-corrected chi connectivity index (χ3v) is 4.98. The van der Waals surface area contributed by atoms with Crippen LogP contribution in [0.1, 0.15) is 35.1 Å². The van der Waals surface area contributed by atoms with E-state index in [1.54, 1.807) is 12.1 Å². The van der Waals surface area contributed by atoms with Gasteiger partial charge in [0.2, 0.25) is 0 Å². The second kappa shape index (κ2) is 6.93. The molecule has 2 heterocycles. The molecule has 0 unspecified atom stereocenters. The van der Waals surface area contributed by atoms with E-state index in [0.29, 0.717) is 23.4 Å². The molecule has 0 aliphatic carbocycles. The van der Waals surface area contributed by atoms with Gasteiger partial charge in [0.15, 0.2) is 0 Å². The Hall–Kier alpha value is -1.53. The van der Waals surface area contributed by atoms with Gasteiger partial charge in [0, 0.05) is 11.6 Å². The van der Waals surface area contributed by atoms with Crippen molar-refractivity contribution in [3.63, 3.8) is 0 Å². The number of rotatable bonds is 6. The number of hydrogen-bond donors (Lipinski definition) is 2. The normalized spacial score (nSPS) is 16.8. The lowest BCUT2D eigenvalue weighted by molar-refractivity contribution is -0.0219. The average molecular weight is 353 g/mol. The van der Waals surface area contributed by atoms with Crippen molar-refractivity contribution in [2.75, 3.05) is 6.61 Å². The van der Waals surface area contributed by atoms with Gasteiger partial charge < -0.3 is 19.7 Å². The molecular weight excluding hydrogens is 336 g/mol. The van der Waals surface area contributed by atoms with Crippen LogP contribution in [0, 0.1) is 0 Å². The van der Waals surface area contributed by atoms with E-state index in [-0.39, 0.29) is 6.61 Å². The number of aliphatic hydroxyl groups excluding tert-OH is 1. The molecule has 0 fully saturated rings. The first kappa shape index (κ1) is 16.3. The number of benzene rings is 1. The van der Waals surface area contributed by atoms with Crippen LogP contribution in [-0.4, -0.2) is 16.8 Å². The molecule has 1 aromatic carbocycles. The number of halogens is 1. The summed E-state index contributed by atoms with van der Waals surface area (Å²) in [7, 11) is 0. The summed E-state index contributed by atoms with van der Waals surface area (Å²) in [6.45, 7) is 0.0125. The second-order valence-electron chi connectivity index (χ2n) is 5.31. The van der Waals surface area contributed by atoms with Crippen LogP contribution in [0.3, 0.4) is 0 Å². The maximum absolute atomic E-state index is 11.3. The Balaban J connectivity index is 1.95. The maximum Gasteiger partial charge on any atom is 0.275 e. The van der Waals surface area contributed by atoms with Crippen molar-refractivity contribution in [3.8, 4) is 0 Å². The molecule has 0 saturated heterocycles. The van der Waals surface area contributed by atoms with Crippen molar-refractivity contribution >= 4 is 22.9 Å². The van der Waals surface area contributed by atoms with Crippen LogP contribution in [0.2, 0.25) is 5.02 Å². The van der Waals surface area contributed by atoms with Crippen molar-refractivity contribution in [3.05, 3.63) is 69.3 Å². The monoisotopic (exact) mass is 352 g/mol. The fourth-order valence-electron chi connectivity index (χ4n) is 2.60. The Morgan fingerprint density at radius 1 is 1.17 bits per heavy atom. The summed E-state index contributed by atoms with van der Waals surface area (Å²) >= 11 is 7.54. The fourth-order valence-corrected chi connectivity index (χ4v) is 3.74. The van der Waals surface area contributed by atoms with Crippen molar-refractivity contribution in [1.82, 2.24) is 0 Å². The molecule has 0 bridgehead atoms. The van der Waals surface area contributed by atoms with Crippen molar-refractivity contribution in [2.24, 2.45) is 0 Å². The molecule has 4 nitrogen and oxygen atoms in total. The maximum atomic E-state index is 11.3. The summed E-state index contributed by atoms with van der Waals surface area (Å²) in [5.74, 6) is 0. The van der Waals surface area contributed by atoms with Crippen molar-refractivity contribution in [1.29, 1.82) is 0 Å². The quantitative estimate of drug-likeness (QED) is 0.827. The zero-order valence-electron chi connectivity index (χ0n) is 12.3. The molecule has 0 spiro atoms. The highest BCUT2D eigenvalue weighted by Gasteiger charge is 2.33. The summed E-state index contributed by atoms with van der Waals surface area (Å²) in [5, 5.41) is 22.9. The molecule has 0 saturated carbocycles. The third kappa shape index (κ3) is 3.38. The van der Waals surface area contributed by atoms with Crippen LogP contribution in [-0.2, 0) is 15.1 Å². The zero-order chi connectivity index (χ0) is 16.3. The van der Waals surface area contributed by atoms with Gasteiger partial charge >= 0.3 is 0 Å². The molecule has 1 aliphatic rings. The molecule has 1 atom stereocenters. The number of aliphatic hydroxyl groups is 2. The van der Waals surface area contributed by atoms with Gasteiger partial charge in [0.05, 0.1) is 4.88 Å². The van der Waals surface area contributed by atoms with Gasteiger partial charge in [-0.15, -0.1) is 11.3 Å². The van der Waals surface area contributed by atoms with Crippen LogP contribution < -0.4 is 0 Å². The first-order valence-electron chi connectivity index (χ1n) is 7.27. The first-order chi connectivity index (χ1) is 11.1. The van der Waals surface area contributed by atoms with Crippen molar-refractivity contribution < 1.29 is 19.7 Å². The minimum Gasteiger partial charge on any atom is -0.454 e. The number of thiophene rings is 1. The van der Waals surface area contributed by atoms with E-state index in [2.05, 4.69) is 0 Å². The topological polar surface area (TPSA) is 58.9 Å². The van der Waals surface area contributed by atoms with Gasteiger partial charge in [-0.25, -0.2) is 0 Å². The fraction of sp³-hybridized carbons (Fsp3) is 0.294. The molecule has 1 aliphatic heterocycles. The minimum atomic E-state index is -1.21. The van der Waals surface area contributed by atoms with E-state index in [1.165, 1.54) is 23.9 Å². The van der Waals surface area contributed by atoms with Crippen LogP contribution in [0.25, 0.3) is 0 Å². The summed E-state index contributed by atoms with van der Waals surface area (Å²) in [5.41, 5.74) is 0.232. The molecule has 6 heteroatoms. The van der Waals surface area contributed by atoms with Gasteiger partial charge in [-0.2, -0.15) is 0 Å². The lowest BCUT2D eigenvalue weighted by Crippen LogP contribution is -2.27. The SMILES string of the molecule is OCCC[C@](O)(c1cccc(Cl)c1)c1csc(C2OC=CO2)c1. The van der Waals surface area contributed by atoms with Crippen molar-refractivity contribution in [2.45, 2.75) is 24.7 Å². The Morgan fingerprint density at radius 3 is 2.65 bits per heavy atom. The largest absolute Gasteiger partial charge is 0.454 e. The Bertz CT molecular complexity index is 691. The number of hydrogen-bond acceptors (Lipinski definition) is 5. The highest BCUT2D eigenvalue weighted by Crippen LogP contribution is 2.39. The Kier molecular flexibility index (Phi) is 4.92. The molecule has 0 amide bonds. The summed E-state index contributed by atoms with van der Waals surface area (Å²) in [6.07, 6.45) is 3.41.